The van der Waals surface area contributed by atoms with E-state index in [4.69, 9.17) is 5.73 Å². The van der Waals surface area contributed by atoms with Crippen molar-refractivity contribution in [2.24, 2.45) is 5.73 Å². The maximum atomic E-state index is 11.4. The standard InChI is InChI=1S/C14H13N3O2/c1-10(18)17-9-12(7-8-13(15)19)14(16-17)11-5-3-2-4-6-11/h2-9H,1H3,(H2,15,19)/b8-7+. The van der Waals surface area contributed by atoms with Crippen molar-refractivity contribution in [3.63, 3.8) is 0 Å². The Hall–Kier alpha value is -2.69. The van der Waals surface area contributed by atoms with Crippen molar-refractivity contribution in [2.75, 3.05) is 0 Å². The molecule has 0 bridgehead atoms. The summed E-state index contributed by atoms with van der Waals surface area (Å²) in [5.74, 6) is -0.745. The summed E-state index contributed by atoms with van der Waals surface area (Å²) in [7, 11) is 0. The van der Waals surface area contributed by atoms with Gasteiger partial charge in [0.05, 0.1) is 0 Å². The van der Waals surface area contributed by atoms with Gasteiger partial charge in [-0.3, -0.25) is 9.59 Å². The van der Waals surface area contributed by atoms with E-state index < -0.39 is 5.91 Å². The van der Waals surface area contributed by atoms with Gasteiger partial charge in [0.2, 0.25) is 11.8 Å². The van der Waals surface area contributed by atoms with E-state index in [1.807, 2.05) is 30.3 Å². The summed E-state index contributed by atoms with van der Waals surface area (Å²) < 4.78 is 1.24. The highest BCUT2D eigenvalue weighted by Crippen LogP contribution is 2.22. The van der Waals surface area contributed by atoms with Crippen LogP contribution in [-0.4, -0.2) is 21.6 Å². The Morgan fingerprint density at radius 3 is 2.53 bits per heavy atom. The predicted molar refractivity (Wildman–Crippen MR) is 72.2 cm³/mol. The van der Waals surface area contributed by atoms with E-state index in [-0.39, 0.29) is 5.91 Å². The zero-order chi connectivity index (χ0) is 13.8. The molecule has 2 N–H and O–H groups in total. The van der Waals surface area contributed by atoms with Gasteiger partial charge in [-0.25, -0.2) is 4.68 Å². The van der Waals surface area contributed by atoms with Gasteiger partial charge in [0.15, 0.2) is 0 Å². The smallest absolute Gasteiger partial charge is 0.243 e. The molecule has 0 aliphatic rings. The second-order valence-corrected chi connectivity index (χ2v) is 4.00. The van der Waals surface area contributed by atoms with Crippen molar-refractivity contribution in [2.45, 2.75) is 6.92 Å². The van der Waals surface area contributed by atoms with Gasteiger partial charge < -0.3 is 5.73 Å². The Balaban J connectivity index is 2.52. The Kier molecular flexibility index (Phi) is 3.56. The van der Waals surface area contributed by atoms with Crippen LogP contribution in [0.5, 0.6) is 0 Å². The first-order valence-electron chi connectivity index (χ1n) is 5.71. The fourth-order valence-corrected chi connectivity index (χ4v) is 1.66. The molecule has 5 nitrogen and oxygen atoms in total. The third-order valence-electron chi connectivity index (χ3n) is 2.54. The van der Waals surface area contributed by atoms with Gasteiger partial charge in [0, 0.05) is 30.3 Å². The summed E-state index contributed by atoms with van der Waals surface area (Å²) in [4.78, 5) is 22.2. The molecular formula is C14H13N3O2. The molecule has 2 rings (SSSR count). The molecule has 5 heteroatoms. The van der Waals surface area contributed by atoms with E-state index in [9.17, 15) is 9.59 Å². The Morgan fingerprint density at radius 1 is 1.26 bits per heavy atom. The van der Waals surface area contributed by atoms with E-state index in [1.165, 1.54) is 17.7 Å². The number of carbonyl (C=O) groups excluding carboxylic acids is 2. The molecule has 1 amide bonds. The fraction of sp³-hybridized carbons (Fsp3) is 0.0714. The summed E-state index contributed by atoms with van der Waals surface area (Å²) in [6.45, 7) is 1.42. The zero-order valence-corrected chi connectivity index (χ0v) is 10.4. The van der Waals surface area contributed by atoms with E-state index in [0.717, 1.165) is 5.56 Å². The van der Waals surface area contributed by atoms with Gasteiger partial charge in [-0.1, -0.05) is 30.3 Å². The molecule has 1 aromatic heterocycles. The van der Waals surface area contributed by atoms with Gasteiger partial charge >= 0.3 is 0 Å². The number of hydrogen-bond acceptors (Lipinski definition) is 3. The van der Waals surface area contributed by atoms with Crippen LogP contribution in [0.2, 0.25) is 0 Å². The average Bonchev–Trinajstić information content (AvgIpc) is 2.81. The first kappa shape index (κ1) is 12.8. The lowest BCUT2D eigenvalue weighted by Gasteiger charge is -1.97. The van der Waals surface area contributed by atoms with E-state index in [0.29, 0.717) is 11.3 Å². The third kappa shape index (κ3) is 2.95. The summed E-state index contributed by atoms with van der Waals surface area (Å²) in [6, 6.07) is 9.42. The van der Waals surface area contributed by atoms with Crippen molar-refractivity contribution < 1.29 is 9.59 Å². The van der Waals surface area contributed by atoms with Gasteiger partial charge in [-0.15, -0.1) is 0 Å². The van der Waals surface area contributed by atoms with E-state index in [2.05, 4.69) is 5.10 Å². The molecule has 0 spiro atoms. The van der Waals surface area contributed by atoms with Crippen LogP contribution in [0.25, 0.3) is 17.3 Å². The predicted octanol–water partition coefficient (Wildman–Crippen LogP) is 1.71. The highest BCUT2D eigenvalue weighted by molar-refractivity contribution is 5.91. The lowest BCUT2D eigenvalue weighted by molar-refractivity contribution is -0.113. The van der Waals surface area contributed by atoms with Crippen LogP contribution in [0.15, 0.2) is 42.6 Å². The zero-order valence-electron chi connectivity index (χ0n) is 10.4. The summed E-state index contributed by atoms with van der Waals surface area (Å²) in [5, 5.41) is 4.22. The van der Waals surface area contributed by atoms with Crippen molar-refractivity contribution in [1.82, 2.24) is 9.78 Å². The largest absolute Gasteiger partial charge is 0.366 e. The number of nitrogens with zero attached hydrogens (tertiary/aromatic N) is 2. The second kappa shape index (κ2) is 5.30. The Morgan fingerprint density at radius 2 is 1.95 bits per heavy atom. The molecule has 0 atom stereocenters. The minimum Gasteiger partial charge on any atom is -0.366 e. The number of hydrogen-bond donors (Lipinski definition) is 1. The maximum absolute atomic E-state index is 11.4. The number of aromatic nitrogens is 2. The average molecular weight is 255 g/mol. The maximum Gasteiger partial charge on any atom is 0.243 e. The Labute approximate surface area is 110 Å². The summed E-state index contributed by atoms with van der Waals surface area (Å²) in [5.41, 5.74) is 7.24. The first-order chi connectivity index (χ1) is 9.08. The van der Waals surface area contributed by atoms with E-state index >= 15 is 0 Å². The molecule has 19 heavy (non-hydrogen) atoms. The van der Waals surface area contributed by atoms with E-state index in [1.54, 1.807) is 12.3 Å². The number of amides is 1. The number of rotatable bonds is 3. The molecule has 0 saturated heterocycles. The lowest BCUT2D eigenvalue weighted by atomic mass is 10.1. The number of benzene rings is 1. The van der Waals surface area contributed by atoms with Crippen LogP contribution in [0.4, 0.5) is 0 Å². The Bertz CT molecular complexity index is 642. The van der Waals surface area contributed by atoms with Crippen LogP contribution in [0.3, 0.4) is 0 Å². The third-order valence-corrected chi connectivity index (χ3v) is 2.54. The van der Waals surface area contributed by atoms with Gasteiger partial charge in [-0.2, -0.15) is 5.10 Å². The molecule has 0 radical (unpaired) electrons. The molecule has 0 aliphatic heterocycles. The molecule has 96 valence electrons. The molecular weight excluding hydrogens is 242 g/mol. The minimum atomic E-state index is -0.547. The van der Waals surface area contributed by atoms with Crippen molar-refractivity contribution in [3.8, 4) is 11.3 Å². The monoisotopic (exact) mass is 255 g/mol. The van der Waals surface area contributed by atoms with Crippen LogP contribution < -0.4 is 5.73 Å². The van der Waals surface area contributed by atoms with Gasteiger partial charge in [0.1, 0.15) is 5.69 Å². The molecule has 2 aromatic rings. The molecule has 0 saturated carbocycles. The van der Waals surface area contributed by atoms with Crippen molar-refractivity contribution in [1.29, 1.82) is 0 Å². The molecule has 0 fully saturated rings. The lowest BCUT2D eigenvalue weighted by Crippen LogP contribution is -2.05. The number of carbonyl (C=O) groups is 2. The normalized spacial score (nSPS) is 10.8. The second-order valence-electron chi connectivity index (χ2n) is 4.00. The fourth-order valence-electron chi connectivity index (χ4n) is 1.66. The van der Waals surface area contributed by atoms with Crippen molar-refractivity contribution in [3.05, 3.63) is 48.2 Å². The minimum absolute atomic E-state index is 0.198. The van der Waals surface area contributed by atoms with Crippen LogP contribution in [0.1, 0.15) is 17.3 Å². The topological polar surface area (TPSA) is 78.0 Å². The summed E-state index contributed by atoms with van der Waals surface area (Å²) >= 11 is 0. The van der Waals surface area contributed by atoms with Crippen LogP contribution >= 0.6 is 0 Å². The number of primary amides is 1. The SMILES string of the molecule is CC(=O)n1cc(/C=C/C(N)=O)c(-c2ccccc2)n1. The summed E-state index contributed by atoms with van der Waals surface area (Å²) in [6.07, 6.45) is 4.37. The number of nitrogens with two attached hydrogens (primary N) is 1. The van der Waals surface area contributed by atoms with Crippen LogP contribution in [-0.2, 0) is 4.79 Å². The molecule has 0 aliphatic carbocycles. The highest BCUT2D eigenvalue weighted by atomic mass is 16.2. The van der Waals surface area contributed by atoms with Gasteiger partial charge in [0.25, 0.3) is 0 Å². The quantitative estimate of drug-likeness (QED) is 0.848. The van der Waals surface area contributed by atoms with Crippen LogP contribution in [0, 0.1) is 0 Å². The molecule has 0 unspecified atom stereocenters. The molecule has 1 heterocycles. The first-order valence-corrected chi connectivity index (χ1v) is 5.71. The van der Waals surface area contributed by atoms with Crippen molar-refractivity contribution >= 4 is 17.9 Å². The molecule has 1 aromatic carbocycles. The van der Waals surface area contributed by atoms with Gasteiger partial charge in [-0.05, 0) is 6.08 Å². The highest BCUT2D eigenvalue weighted by Gasteiger charge is 2.10.